The first kappa shape index (κ1) is 23.1. The molecule has 1 heterocycles. The molecule has 0 aromatic heterocycles. The van der Waals surface area contributed by atoms with Crippen LogP contribution in [0.4, 0.5) is 4.39 Å². The van der Waals surface area contributed by atoms with Crippen LogP contribution in [0, 0.1) is 0 Å². The van der Waals surface area contributed by atoms with Crippen molar-refractivity contribution in [1.29, 1.82) is 0 Å². The average Bonchev–Trinajstić information content (AvgIpc) is 2.86. The van der Waals surface area contributed by atoms with Crippen LogP contribution in [-0.2, 0) is 43.6 Å². The molecular formula is C27H27FO5. The zero-order valence-electron chi connectivity index (χ0n) is 18.2. The van der Waals surface area contributed by atoms with Crippen molar-refractivity contribution in [2.45, 2.75) is 44.3 Å². The molecule has 0 saturated carbocycles. The molecule has 0 aliphatic carbocycles. The summed E-state index contributed by atoms with van der Waals surface area (Å²) < 4.78 is 38.1. The Balaban J connectivity index is 1.46. The lowest BCUT2D eigenvalue weighted by atomic mass is 10.00. The first-order valence-corrected chi connectivity index (χ1v) is 11.0. The summed E-state index contributed by atoms with van der Waals surface area (Å²) >= 11 is 0. The number of carbonyl (C=O) groups is 1. The Morgan fingerprint density at radius 2 is 1.12 bits per heavy atom. The summed E-state index contributed by atoms with van der Waals surface area (Å²) in [6.45, 7) is 0.797. The number of halogens is 1. The molecule has 5 nitrogen and oxygen atoms in total. The third kappa shape index (κ3) is 6.48. The van der Waals surface area contributed by atoms with E-state index in [2.05, 4.69) is 0 Å². The van der Waals surface area contributed by atoms with Crippen LogP contribution in [0.15, 0.2) is 91.0 Å². The number of carbonyl (C=O) groups excluding carboxylic acids is 1. The van der Waals surface area contributed by atoms with E-state index in [-0.39, 0.29) is 19.8 Å². The molecule has 3 unspecified atom stereocenters. The van der Waals surface area contributed by atoms with Gasteiger partial charge < -0.3 is 18.9 Å². The summed E-state index contributed by atoms with van der Waals surface area (Å²) in [5.74, 6) is -0.957. The number of cyclic esters (lactones) is 1. The first-order chi connectivity index (χ1) is 16.2. The zero-order chi connectivity index (χ0) is 22.9. The van der Waals surface area contributed by atoms with Gasteiger partial charge in [0.05, 0.1) is 26.4 Å². The van der Waals surface area contributed by atoms with Gasteiger partial charge in [0, 0.05) is 0 Å². The Labute approximate surface area is 193 Å². The Hall–Kier alpha value is -3.06. The molecule has 3 aromatic rings. The van der Waals surface area contributed by atoms with Crippen LogP contribution in [0.3, 0.4) is 0 Å². The van der Waals surface area contributed by atoms with Gasteiger partial charge in [0.1, 0.15) is 12.2 Å². The fourth-order valence-electron chi connectivity index (χ4n) is 3.70. The van der Waals surface area contributed by atoms with Gasteiger partial charge in [0.2, 0.25) is 6.17 Å². The molecule has 1 aliphatic rings. The first-order valence-electron chi connectivity index (χ1n) is 11.0. The van der Waals surface area contributed by atoms with Gasteiger partial charge in [-0.2, -0.15) is 0 Å². The Bertz CT molecular complexity index is 983. The summed E-state index contributed by atoms with van der Waals surface area (Å²) in [6, 6.07) is 28.6. The molecule has 0 amide bonds. The summed E-state index contributed by atoms with van der Waals surface area (Å²) in [5.41, 5.74) is 2.79. The maximum absolute atomic E-state index is 15.0. The molecule has 172 valence electrons. The fourth-order valence-corrected chi connectivity index (χ4v) is 3.70. The van der Waals surface area contributed by atoms with E-state index in [1.807, 2.05) is 91.0 Å². The topological polar surface area (TPSA) is 54.0 Å². The van der Waals surface area contributed by atoms with Crippen molar-refractivity contribution in [3.05, 3.63) is 108 Å². The summed E-state index contributed by atoms with van der Waals surface area (Å²) in [5, 5.41) is 0. The van der Waals surface area contributed by atoms with Crippen LogP contribution in [0.1, 0.15) is 16.7 Å². The van der Waals surface area contributed by atoms with E-state index < -0.39 is 30.5 Å². The van der Waals surface area contributed by atoms with E-state index in [0.717, 1.165) is 16.7 Å². The molecule has 4 rings (SSSR count). The van der Waals surface area contributed by atoms with E-state index >= 15 is 0 Å². The number of hydrogen-bond donors (Lipinski definition) is 0. The normalized spacial score (nSPS) is 22.6. The fraction of sp³-hybridized carbons (Fsp3) is 0.296. The van der Waals surface area contributed by atoms with Crippen molar-refractivity contribution >= 4 is 5.97 Å². The van der Waals surface area contributed by atoms with Crippen molar-refractivity contribution in [2.75, 3.05) is 6.61 Å². The monoisotopic (exact) mass is 450 g/mol. The highest BCUT2D eigenvalue weighted by atomic mass is 19.1. The largest absolute Gasteiger partial charge is 0.455 e. The highest BCUT2D eigenvalue weighted by molar-refractivity contribution is 5.76. The highest BCUT2D eigenvalue weighted by Crippen LogP contribution is 2.27. The minimum absolute atomic E-state index is 0.0675. The van der Waals surface area contributed by atoms with Gasteiger partial charge in [-0.05, 0) is 16.7 Å². The minimum Gasteiger partial charge on any atom is -0.455 e. The molecular weight excluding hydrogens is 423 g/mol. The minimum atomic E-state index is -1.94. The molecule has 6 heteroatoms. The number of ether oxygens (including phenoxy) is 4. The van der Waals surface area contributed by atoms with Crippen LogP contribution in [0.5, 0.6) is 0 Å². The molecule has 4 atom stereocenters. The second-order valence-corrected chi connectivity index (χ2v) is 7.90. The predicted molar refractivity (Wildman–Crippen MR) is 121 cm³/mol. The molecule has 1 saturated heterocycles. The van der Waals surface area contributed by atoms with Gasteiger partial charge in [0.15, 0.2) is 6.10 Å². The lowest BCUT2D eigenvalue weighted by molar-refractivity contribution is -0.221. The van der Waals surface area contributed by atoms with E-state index in [0.29, 0.717) is 6.61 Å². The van der Waals surface area contributed by atoms with Crippen molar-refractivity contribution in [2.24, 2.45) is 0 Å². The summed E-state index contributed by atoms with van der Waals surface area (Å²) in [7, 11) is 0. The van der Waals surface area contributed by atoms with Crippen molar-refractivity contribution < 1.29 is 28.1 Å². The van der Waals surface area contributed by atoms with Gasteiger partial charge in [-0.25, -0.2) is 9.18 Å². The van der Waals surface area contributed by atoms with Crippen LogP contribution in [-0.4, -0.2) is 37.1 Å². The maximum atomic E-state index is 15.0. The second kappa shape index (κ2) is 11.7. The quantitative estimate of drug-likeness (QED) is 0.422. The van der Waals surface area contributed by atoms with Crippen molar-refractivity contribution in [3.63, 3.8) is 0 Å². The SMILES string of the molecule is O=C1OC(COCc2ccccc2)[C@@H](OCc2ccccc2)C(OCc2ccccc2)C1F. The number of benzene rings is 3. The summed E-state index contributed by atoms with van der Waals surface area (Å²) in [6.07, 6.45) is -4.67. The van der Waals surface area contributed by atoms with Gasteiger partial charge in [0.25, 0.3) is 0 Å². The van der Waals surface area contributed by atoms with Gasteiger partial charge in [-0.3, -0.25) is 0 Å². The second-order valence-electron chi connectivity index (χ2n) is 7.90. The molecule has 0 radical (unpaired) electrons. The van der Waals surface area contributed by atoms with E-state index in [1.54, 1.807) is 0 Å². The number of rotatable bonds is 10. The van der Waals surface area contributed by atoms with Gasteiger partial charge >= 0.3 is 5.97 Å². The lowest BCUT2D eigenvalue weighted by Gasteiger charge is -2.38. The molecule has 3 aromatic carbocycles. The van der Waals surface area contributed by atoms with Crippen molar-refractivity contribution in [1.82, 2.24) is 0 Å². The third-order valence-electron chi connectivity index (χ3n) is 5.44. The van der Waals surface area contributed by atoms with Crippen LogP contribution < -0.4 is 0 Å². The molecule has 0 N–H and O–H groups in total. The van der Waals surface area contributed by atoms with Crippen molar-refractivity contribution in [3.8, 4) is 0 Å². The van der Waals surface area contributed by atoms with E-state index in [4.69, 9.17) is 18.9 Å². The lowest BCUT2D eigenvalue weighted by Crippen LogP contribution is -2.57. The molecule has 0 bridgehead atoms. The molecule has 1 aliphatic heterocycles. The average molecular weight is 451 g/mol. The highest BCUT2D eigenvalue weighted by Gasteiger charge is 2.48. The zero-order valence-corrected chi connectivity index (χ0v) is 18.2. The molecule has 1 fully saturated rings. The number of esters is 1. The van der Waals surface area contributed by atoms with Gasteiger partial charge in [-0.1, -0.05) is 91.0 Å². The van der Waals surface area contributed by atoms with Crippen LogP contribution >= 0.6 is 0 Å². The summed E-state index contributed by atoms with van der Waals surface area (Å²) in [4.78, 5) is 12.3. The van der Waals surface area contributed by atoms with Crippen LogP contribution in [0.2, 0.25) is 0 Å². The Morgan fingerprint density at radius 1 is 0.667 bits per heavy atom. The van der Waals surface area contributed by atoms with Gasteiger partial charge in [-0.15, -0.1) is 0 Å². The number of hydrogen-bond acceptors (Lipinski definition) is 5. The number of alkyl halides is 1. The molecule has 33 heavy (non-hydrogen) atoms. The van der Waals surface area contributed by atoms with E-state index in [1.165, 1.54) is 0 Å². The predicted octanol–water partition coefficient (Wildman–Crippen LogP) is 4.64. The van der Waals surface area contributed by atoms with Crippen LogP contribution in [0.25, 0.3) is 0 Å². The maximum Gasteiger partial charge on any atom is 0.344 e. The third-order valence-corrected chi connectivity index (χ3v) is 5.44. The molecule has 0 spiro atoms. The standard InChI is InChI=1S/C27H27FO5/c28-24-26(32-18-22-14-8-3-9-15-22)25(31-17-21-12-6-2-7-13-21)23(33-27(24)29)19-30-16-20-10-4-1-5-11-20/h1-15,23-26H,16-19H2/t23?,24?,25-,26?/m1/s1. The Kier molecular flexibility index (Phi) is 8.19. The van der Waals surface area contributed by atoms with E-state index in [9.17, 15) is 9.18 Å². The smallest absolute Gasteiger partial charge is 0.344 e. The Morgan fingerprint density at radius 3 is 1.64 bits per heavy atom.